The molecular weight excluding hydrogens is 240 g/mol. The third kappa shape index (κ3) is 2.55. The number of aromatic nitrogens is 1. The van der Waals surface area contributed by atoms with E-state index in [1.807, 2.05) is 24.4 Å². The van der Waals surface area contributed by atoms with Crippen LogP contribution in [0.4, 0.5) is 0 Å². The van der Waals surface area contributed by atoms with Crippen molar-refractivity contribution in [3.8, 4) is 5.75 Å². The molecule has 2 heterocycles. The van der Waals surface area contributed by atoms with Crippen LogP contribution in [0.25, 0.3) is 10.9 Å². The van der Waals surface area contributed by atoms with Crippen molar-refractivity contribution in [3.63, 3.8) is 0 Å². The number of fused-ring (bicyclic) bond motifs is 1. The van der Waals surface area contributed by atoms with Crippen molar-refractivity contribution in [2.75, 3.05) is 26.8 Å². The van der Waals surface area contributed by atoms with Gasteiger partial charge in [-0.15, -0.1) is 0 Å². The summed E-state index contributed by atoms with van der Waals surface area (Å²) in [6.07, 6.45) is 3.00. The van der Waals surface area contributed by atoms with Crippen LogP contribution < -0.4 is 10.1 Å². The van der Waals surface area contributed by atoms with E-state index in [9.17, 15) is 0 Å². The molecular formula is C15H18N2O2. The van der Waals surface area contributed by atoms with Crippen LogP contribution in [0.2, 0.25) is 0 Å². The minimum Gasteiger partial charge on any atom is -0.497 e. The highest BCUT2D eigenvalue weighted by molar-refractivity contribution is 5.83. The number of nitrogens with zero attached hydrogens (tertiary/aromatic N) is 1. The topological polar surface area (TPSA) is 43.4 Å². The molecule has 0 spiro atoms. The first-order valence-electron chi connectivity index (χ1n) is 6.63. The number of hydrogen-bond acceptors (Lipinski definition) is 4. The molecule has 1 atom stereocenters. The Bertz CT molecular complexity index is 563. The maximum Gasteiger partial charge on any atom is 0.121 e. The Labute approximate surface area is 112 Å². The number of rotatable bonds is 2. The van der Waals surface area contributed by atoms with E-state index < -0.39 is 0 Å². The van der Waals surface area contributed by atoms with Gasteiger partial charge in [0.1, 0.15) is 5.75 Å². The predicted octanol–water partition coefficient (Wildman–Crippen LogP) is 2.29. The normalized spacial score (nSPS) is 20.2. The van der Waals surface area contributed by atoms with Gasteiger partial charge in [-0.05, 0) is 36.7 Å². The largest absolute Gasteiger partial charge is 0.497 e. The number of ether oxygens (including phenoxy) is 2. The van der Waals surface area contributed by atoms with Crippen LogP contribution in [-0.2, 0) is 4.74 Å². The number of hydrogen-bond donors (Lipinski definition) is 1. The molecule has 19 heavy (non-hydrogen) atoms. The summed E-state index contributed by atoms with van der Waals surface area (Å²) >= 11 is 0. The van der Waals surface area contributed by atoms with Crippen LogP contribution in [0.5, 0.6) is 5.75 Å². The lowest BCUT2D eigenvalue weighted by molar-refractivity contribution is 0.0678. The molecule has 1 saturated heterocycles. The highest BCUT2D eigenvalue weighted by atomic mass is 16.5. The number of nitrogens with one attached hydrogen (secondary N) is 1. The molecule has 100 valence electrons. The average Bonchev–Trinajstić information content (AvgIpc) is 2.75. The molecule has 3 rings (SSSR count). The predicted molar refractivity (Wildman–Crippen MR) is 74.5 cm³/mol. The fraction of sp³-hybridized carbons (Fsp3) is 0.400. The summed E-state index contributed by atoms with van der Waals surface area (Å²) in [4.78, 5) is 4.41. The van der Waals surface area contributed by atoms with E-state index in [0.29, 0.717) is 0 Å². The van der Waals surface area contributed by atoms with Crippen molar-refractivity contribution >= 4 is 10.9 Å². The highest BCUT2D eigenvalue weighted by Crippen LogP contribution is 2.28. The molecule has 0 bridgehead atoms. The van der Waals surface area contributed by atoms with E-state index in [2.05, 4.69) is 16.4 Å². The lowest BCUT2D eigenvalue weighted by atomic mass is 10.0. The molecule has 4 heteroatoms. The van der Waals surface area contributed by atoms with Gasteiger partial charge in [-0.3, -0.25) is 4.98 Å². The number of benzene rings is 1. The first-order valence-corrected chi connectivity index (χ1v) is 6.63. The SMILES string of the molecule is COc1ccc2c(C3CNCCCO3)ccnc2c1. The third-order valence-corrected chi connectivity index (χ3v) is 3.48. The summed E-state index contributed by atoms with van der Waals surface area (Å²) in [6.45, 7) is 2.68. The first kappa shape index (κ1) is 12.4. The van der Waals surface area contributed by atoms with Gasteiger partial charge in [0.05, 0.1) is 18.7 Å². The van der Waals surface area contributed by atoms with Crippen molar-refractivity contribution in [2.24, 2.45) is 0 Å². The van der Waals surface area contributed by atoms with E-state index in [1.165, 1.54) is 5.56 Å². The summed E-state index contributed by atoms with van der Waals surface area (Å²) in [5.74, 6) is 0.831. The summed E-state index contributed by atoms with van der Waals surface area (Å²) in [7, 11) is 1.67. The van der Waals surface area contributed by atoms with Gasteiger partial charge in [-0.25, -0.2) is 0 Å². The van der Waals surface area contributed by atoms with Gasteiger partial charge >= 0.3 is 0 Å². The molecule has 1 aliphatic rings. The van der Waals surface area contributed by atoms with Crippen LogP contribution in [-0.4, -0.2) is 31.8 Å². The van der Waals surface area contributed by atoms with Gasteiger partial charge in [-0.2, -0.15) is 0 Å². The van der Waals surface area contributed by atoms with E-state index in [4.69, 9.17) is 9.47 Å². The lowest BCUT2D eigenvalue weighted by Gasteiger charge is -2.17. The molecule has 4 nitrogen and oxygen atoms in total. The number of methoxy groups -OCH3 is 1. The fourth-order valence-corrected chi connectivity index (χ4v) is 2.47. The Hall–Kier alpha value is -1.65. The van der Waals surface area contributed by atoms with Crippen LogP contribution in [0.15, 0.2) is 30.5 Å². The standard InChI is InChI=1S/C15H18N2O2/c1-18-11-3-4-12-13(5-7-17-14(12)9-11)15-10-16-6-2-8-19-15/h3-5,7,9,15-16H,2,6,8,10H2,1H3. The second-order valence-corrected chi connectivity index (χ2v) is 4.70. The van der Waals surface area contributed by atoms with Crippen molar-refractivity contribution in [3.05, 3.63) is 36.0 Å². The lowest BCUT2D eigenvalue weighted by Crippen LogP contribution is -2.20. The maximum absolute atomic E-state index is 5.93. The molecule has 0 saturated carbocycles. The highest BCUT2D eigenvalue weighted by Gasteiger charge is 2.17. The van der Waals surface area contributed by atoms with Gasteiger partial charge < -0.3 is 14.8 Å². The van der Waals surface area contributed by atoms with Crippen LogP contribution >= 0.6 is 0 Å². The van der Waals surface area contributed by atoms with Crippen molar-refractivity contribution < 1.29 is 9.47 Å². The fourth-order valence-electron chi connectivity index (χ4n) is 2.47. The molecule has 1 aromatic carbocycles. The molecule has 1 fully saturated rings. The molecule has 0 amide bonds. The molecule has 1 aromatic heterocycles. The molecule has 1 N–H and O–H groups in total. The van der Waals surface area contributed by atoms with Gasteiger partial charge in [0.25, 0.3) is 0 Å². The average molecular weight is 258 g/mol. The Morgan fingerprint density at radius 3 is 3.21 bits per heavy atom. The van der Waals surface area contributed by atoms with Gasteiger partial charge in [0, 0.05) is 30.8 Å². The summed E-state index contributed by atoms with van der Waals surface area (Å²) in [5.41, 5.74) is 2.15. The zero-order valence-electron chi connectivity index (χ0n) is 11.1. The van der Waals surface area contributed by atoms with Gasteiger partial charge in [-0.1, -0.05) is 0 Å². The van der Waals surface area contributed by atoms with Crippen molar-refractivity contribution in [1.82, 2.24) is 10.3 Å². The Kier molecular flexibility index (Phi) is 3.62. The molecule has 1 unspecified atom stereocenters. The minimum absolute atomic E-state index is 0.0985. The maximum atomic E-state index is 5.93. The van der Waals surface area contributed by atoms with E-state index in [0.717, 1.165) is 42.8 Å². The summed E-state index contributed by atoms with van der Waals surface area (Å²) < 4.78 is 11.2. The Morgan fingerprint density at radius 1 is 1.37 bits per heavy atom. The van der Waals surface area contributed by atoms with E-state index in [-0.39, 0.29) is 6.10 Å². The van der Waals surface area contributed by atoms with Crippen LogP contribution in [0.1, 0.15) is 18.1 Å². The zero-order valence-corrected chi connectivity index (χ0v) is 11.1. The van der Waals surface area contributed by atoms with Crippen LogP contribution in [0, 0.1) is 0 Å². The molecule has 1 aliphatic heterocycles. The molecule has 0 radical (unpaired) electrons. The number of pyridine rings is 1. The second kappa shape index (κ2) is 5.55. The minimum atomic E-state index is 0.0985. The Balaban J connectivity index is 2.02. The van der Waals surface area contributed by atoms with Crippen molar-refractivity contribution in [1.29, 1.82) is 0 Å². The molecule has 0 aliphatic carbocycles. The smallest absolute Gasteiger partial charge is 0.121 e. The van der Waals surface area contributed by atoms with Crippen LogP contribution in [0.3, 0.4) is 0 Å². The first-order chi connectivity index (χ1) is 9.38. The monoisotopic (exact) mass is 258 g/mol. The summed E-state index contributed by atoms with van der Waals surface area (Å²) in [5, 5.41) is 4.55. The van der Waals surface area contributed by atoms with Gasteiger partial charge in [0.15, 0.2) is 0 Å². The molecule has 2 aromatic rings. The Morgan fingerprint density at radius 2 is 2.32 bits per heavy atom. The zero-order chi connectivity index (χ0) is 13.1. The van der Waals surface area contributed by atoms with Crippen molar-refractivity contribution in [2.45, 2.75) is 12.5 Å². The quantitative estimate of drug-likeness (QED) is 0.897. The van der Waals surface area contributed by atoms with Gasteiger partial charge in [0.2, 0.25) is 0 Å². The van der Waals surface area contributed by atoms with E-state index >= 15 is 0 Å². The van der Waals surface area contributed by atoms with E-state index in [1.54, 1.807) is 7.11 Å². The second-order valence-electron chi connectivity index (χ2n) is 4.70. The summed E-state index contributed by atoms with van der Waals surface area (Å²) in [6, 6.07) is 8.04. The third-order valence-electron chi connectivity index (χ3n) is 3.48.